The molecule has 7 heteroatoms. The van der Waals surface area contributed by atoms with Gasteiger partial charge in [-0.2, -0.15) is 0 Å². The molecule has 0 bridgehead atoms. The summed E-state index contributed by atoms with van der Waals surface area (Å²) in [6, 6.07) is 18.0. The van der Waals surface area contributed by atoms with E-state index in [0.717, 1.165) is 5.56 Å². The fourth-order valence-electron chi connectivity index (χ4n) is 2.44. The Kier molecular flexibility index (Phi) is 5.73. The highest BCUT2D eigenvalue weighted by atomic mass is 16.5. The van der Waals surface area contributed by atoms with Gasteiger partial charge < -0.3 is 15.4 Å². The Hall–Kier alpha value is -3.74. The number of rotatable bonds is 6. The monoisotopic (exact) mass is 362 g/mol. The van der Waals surface area contributed by atoms with Gasteiger partial charge in [-0.1, -0.05) is 42.5 Å². The van der Waals surface area contributed by atoms with Crippen LogP contribution in [0.1, 0.15) is 26.4 Å². The van der Waals surface area contributed by atoms with E-state index in [4.69, 9.17) is 4.74 Å². The van der Waals surface area contributed by atoms with Crippen molar-refractivity contribution in [3.63, 3.8) is 0 Å². The van der Waals surface area contributed by atoms with Crippen molar-refractivity contribution >= 4 is 23.4 Å². The van der Waals surface area contributed by atoms with Gasteiger partial charge in [0.2, 0.25) is 0 Å². The fraction of sp³-hybridized carbons (Fsp3) is 0.100. The predicted octanol–water partition coefficient (Wildman–Crippen LogP) is 2.94. The highest BCUT2D eigenvalue weighted by molar-refractivity contribution is 5.97. The normalized spacial score (nSPS) is 10.1. The summed E-state index contributed by atoms with van der Waals surface area (Å²) < 4.78 is 4.77. The molecule has 7 nitrogen and oxygen atoms in total. The van der Waals surface area contributed by atoms with Gasteiger partial charge in [0, 0.05) is 12.6 Å². The molecule has 136 valence electrons. The minimum absolute atomic E-state index is 0.221. The first-order valence-corrected chi connectivity index (χ1v) is 8.26. The second-order valence-electron chi connectivity index (χ2n) is 5.62. The molecule has 0 aliphatic rings. The lowest BCUT2D eigenvalue weighted by Gasteiger charge is -2.10. The largest absolute Gasteiger partial charge is 0.465 e. The molecule has 0 aliphatic carbocycles. The minimum Gasteiger partial charge on any atom is -0.465 e. The highest BCUT2D eigenvalue weighted by Gasteiger charge is 2.13. The molecule has 0 aliphatic heterocycles. The SMILES string of the molecule is COC(=O)c1ccccc1Nc1cc(C(=O)NCc2ccccc2)ncn1. The van der Waals surface area contributed by atoms with E-state index in [1.165, 1.54) is 19.5 Å². The standard InChI is InChI=1S/C20H18N4O3/c1-27-20(26)15-9-5-6-10-16(15)24-18-11-17(22-13-23-18)19(25)21-12-14-7-3-2-4-8-14/h2-11,13H,12H2,1H3,(H,21,25)(H,22,23,24). The molecule has 1 heterocycles. The summed E-state index contributed by atoms with van der Waals surface area (Å²) >= 11 is 0. The molecule has 1 amide bonds. The first-order valence-electron chi connectivity index (χ1n) is 8.26. The van der Waals surface area contributed by atoms with E-state index in [-0.39, 0.29) is 11.6 Å². The third-order valence-corrected chi connectivity index (χ3v) is 3.79. The van der Waals surface area contributed by atoms with E-state index in [0.29, 0.717) is 23.6 Å². The average Bonchev–Trinajstić information content (AvgIpc) is 2.73. The number of carbonyl (C=O) groups excluding carboxylic acids is 2. The van der Waals surface area contributed by atoms with Crippen LogP contribution in [0.15, 0.2) is 67.0 Å². The van der Waals surface area contributed by atoms with Crippen molar-refractivity contribution in [1.29, 1.82) is 0 Å². The lowest BCUT2D eigenvalue weighted by Crippen LogP contribution is -2.24. The molecule has 0 unspecified atom stereocenters. The third-order valence-electron chi connectivity index (χ3n) is 3.79. The zero-order valence-electron chi connectivity index (χ0n) is 14.7. The van der Waals surface area contributed by atoms with E-state index >= 15 is 0 Å². The van der Waals surface area contributed by atoms with Crippen LogP contribution in [0.25, 0.3) is 0 Å². The lowest BCUT2D eigenvalue weighted by atomic mass is 10.2. The van der Waals surface area contributed by atoms with E-state index in [2.05, 4.69) is 20.6 Å². The first kappa shape index (κ1) is 18.1. The molecular formula is C20H18N4O3. The van der Waals surface area contributed by atoms with Crippen LogP contribution < -0.4 is 10.6 Å². The van der Waals surface area contributed by atoms with E-state index in [1.54, 1.807) is 24.3 Å². The summed E-state index contributed by atoms with van der Waals surface area (Å²) in [5, 5.41) is 5.84. The van der Waals surface area contributed by atoms with Crippen molar-refractivity contribution in [3.05, 3.63) is 83.8 Å². The molecule has 1 aromatic heterocycles. The minimum atomic E-state index is -0.465. The van der Waals surface area contributed by atoms with Gasteiger partial charge in [0.15, 0.2) is 0 Å². The van der Waals surface area contributed by atoms with E-state index < -0.39 is 5.97 Å². The van der Waals surface area contributed by atoms with Crippen LogP contribution in [0.2, 0.25) is 0 Å². The molecule has 3 rings (SSSR count). The van der Waals surface area contributed by atoms with Crippen LogP contribution in [0, 0.1) is 0 Å². The maximum absolute atomic E-state index is 12.3. The van der Waals surface area contributed by atoms with Crippen molar-refractivity contribution in [3.8, 4) is 0 Å². The zero-order chi connectivity index (χ0) is 19.1. The fourth-order valence-corrected chi connectivity index (χ4v) is 2.44. The molecule has 2 aromatic carbocycles. The smallest absolute Gasteiger partial charge is 0.339 e. The number of esters is 1. The van der Waals surface area contributed by atoms with Crippen LogP contribution in [-0.2, 0) is 11.3 Å². The molecular weight excluding hydrogens is 344 g/mol. The van der Waals surface area contributed by atoms with Gasteiger partial charge in [0.25, 0.3) is 5.91 Å². The van der Waals surface area contributed by atoms with Crippen molar-refractivity contribution < 1.29 is 14.3 Å². The van der Waals surface area contributed by atoms with Crippen molar-refractivity contribution in [1.82, 2.24) is 15.3 Å². The summed E-state index contributed by atoms with van der Waals surface area (Å²) in [6.45, 7) is 0.400. The average molecular weight is 362 g/mol. The summed E-state index contributed by atoms with van der Waals surface area (Å²) in [5.74, 6) is -0.384. The third kappa shape index (κ3) is 4.66. The van der Waals surface area contributed by atoms with Crippen LogP contribution in [-0.4, -0.2) is 29.0 Å². The van der Waals surface area contributed by atoms with Crippen LogP contribution in [0.4, 0.5) is 11.5 Å². The maximum Gasteiger partial charge on any atom is 0.339 e. The van der Waals surface area contributed by atoms with Gasteiger partial charge in [0.05, 0.1) is 18.4 Å². The number of benzene rings is 2. The maximum atomic E-state index is 12.3. The van der Waals surface area contributed by atoms with Crippen molar-refractivity contribution in [2.75, 3.05) is 12.4 Å². The zero-order valence-corrected chi connectivity index (χ0v) is 14.7. The van der Waals surface area contributed by atoms with Gasteiger partial charge in [-0.05, 0) is 17.7 Å². The number of nitrogens with zero attached hydrogens (tertiary/aromatic N) is 2. The summed E-state index contributed by atoms with van der Waals surface area (Å²) in [6.07, 6.45) is 1.29. The Bertz CT molecular complexity index is 945. The van der Waals surface area contributed by atoms with Crippen LogP contribution in [0.5, 0.6) is 0 Å². The Morgan fingerprint density at radius 3 is 2.52 bits per heavy atom. The van der Waals surface area contributed by atoms with Crippen LogP contribution in [0.3, 0.4) is 0 Å². The Labute approximate surface area is 156 Å². The molecule has 2 N–H and O–H groups in total. The highest BCUT2D eigenvalue weighted by Crippen LogP contribution is 2.20. The summed E-state index contributed by atoms with van der Waals surface area (Å²) in [4.78, 5) is 32.3. The number of para-hydroxylation sites is 1. The number of carbonyl (C=O) groups is 2. The molecule has 0 saturated carbocycles. The Balaban J connectivity index is 1.72. The Morgan fingerprint density at radius 1 is 1.00 bits per heavy atom. The topological polar surface area (TPSA) is 93.2 Å². The number of anilines is 2. The van der Waals surface area contributed by atoms with Gasteiger partial charge >= 0.3 is 5.97 Å². The van der Waals surface area contributed by atoms with Gasteiger partial charge in [-0.15, -0.1) is 0 Å². The molecule has 0 atom stereocenters. The van der Waals surface area contributed by atoms with E-state index in [9.17, 15) is 9.59 Å². The predicted molar refractivity (Wildman–Crippen MR) is 101 cm³/mol. The van der Waals surface area contributed by atoms with Crippen molar-refractivity contribution in [2.24, 2.45) is 0 Å². The van der Waals surface area contributed by atoms with Crippen LogP contribution >= 0.6 is 0 Å². The molecule has 0 radical (unpaired) electrons. The molecule has 0 fully saturated rings. The lowest BCUT2D eigenvalue weighted by molar-refractivity contribution is 0.0601. The van der Waals surface area contributed by atoms with E-state index in [1.807, 2.05) is 30.3 Å². The number of hydrogen-bond acceptors (Lipinski definition) is 6. The number of hydrogen-bond donors (Lipinski definition) is 2. The number of nitrogens with one attached hydrogen (secondary N) is 2. The summed E-state index contributed by atoms with van der Waals surface area (Å²) in [5.41, 5.74) is 2.11. The second kappa shape index (κ2) is 8.57. The van der Waals surface area contributed by atoms with Gasteiger partial charge in [-0.25, -0.2) is 14.8 Å². The van der Waals surface area contributed by atoms with Gasteiger partial charge in [-0.3, -0.25) is 4.79 Å². The molecule has 27 heavy (non-hydrogen) atoms. The second-order valence-corrected chi connectivity index (χ2v) is 5.62. The first-order chi connectivity index (χ1) is 13.2. The van der Waals surface area contributed by atoms with Crippen molar-refractivity contribution in [2.45, 2.75) is 6.54 Å². The number of methoxy groups -OCH3 is 1. The molecule has 0 saturated heterocycles. The molecule has 0 spiro atoms. The summed E-state index contributed by atoms with van der Waals surface area (Å²) in [7, 11) is 1.32. The van der Waals surface area contributed by atoms with Gasteiger partial charge in [0.1, 0.15) is 17.8 Å². The quantitative estimate of drug-likeness (QED) is 0.655. The molecule has 3 aromatic rings. The number of aromatic nitrogens is 2. The Morgan fingerprint density at radius 2 is 1.74 bits per heavy atom. The number of amides is 1. The number of ether oxygens (including phenoxy) is 1.